The third-order valence-corrected chi connectivity index (χ3v) is 2.85. The van der Waals surface area contributed by atoms with Crippen molar-refractivity contribution in [3.63, 3.8) is 0 Å². The van der Waals surface area contributed by atoms with E-state index in [1.165, 1.54) is 30.4 Å². The zero-order chi connectivity index (χ0) is 14.8. The first-order chi connectivity index (χ1) is 9.41. The minimum atomic E-state index is -4.45. The van der Waals surface area contributed by atoms with Gasteiger partial charge in [-0.05, 0) is 42.5 Å². The first-order valence-corrected chi connectivity index (χ1v) is 5.88. The quantitative estimate of drug-likeness (QED) is 0.600. The molecule has 20 heavy (non-hydrogen) atoms. The van der Waals surface area contributed by atoms with Gasteiger partial charge in [0.25, 0.3) is 0 Å². The highest BCUT2D eigenvalue weighted by Crippen LogP contribution is 2.36. The van der Waals surface area contributed by atoms with E-state index in [0.717, 1.165) is 12.1 Å². The third-order valence-electron chi connectivity index (χ3n) is 2.52. The summed E-state index contributed by atoms with van der Waals surface area (Å²) in [6.07, 6.45) is -1.26. The minimum absolute atomic E-state index is 0.146. The van der Waals surface area contributed by atoms with Gasteiger partial charge in [-0.15, -0.1) is 0 Å². The normalized spacial score (nSPS) is 12.0. The van der Waals surface area contributed by atoms with Crippen LogP contribution < -0.4 is 0 Å². The summed E-state index contributed by atoms with van der Waals surface area (Å²) in [4.78, 5) is 10.2. The maximum Gasteiger partial charge on any atom is 0.416 e. The molecule has 6 heteroatoms. The van der Waals surface area contributed by atoms with E-state index in [4.69, 9.17) is 16.0 Å². The van der Waals surface area contributed by atoms with E-state index in [2.05, 4.69) is 0 Å². The fourth-order valence-corrected chi connectivity index (χ4v) is 1.82. The summed E-state index contributed by atoms with van der Waals surface area (Å²) in [6.45, 7) is 0. The lowest BCUT2D eigenvalue weighted by atomic mass is 10.1. The predicted molar refractivity (Wildman–Crippen MR) is 69.3 cm³/mol. The molecule has 0 saturated carbocycles. The standard InChI is InChI=1S/C14H8ClF3O2/c15-12-5-3-9(14(16,17)18)8-11(12)13-6-4-10(20-13)2-1-7-19/h1-8H/b2-1+. The molecule has 0 N–H and O–H groups in total. The van der Waals surface area contributed by atoms with Gasteiger partial charge in [-0.3, -0.25) is 4.79 Å². The van der Waals surface area contributed by atoms with Crippen LogP contribution in [0.15, 0.2) is 40.8 Å². The molecule has 0 aliphatic rings. The molecule has 0 amide bonds. The molecule has 2 nitrogen and oxygen atoms in total. The van der Waals surface area contributed by atoms with E-state index in [9.17, 15) is 18.0 Å². The van der Waals surface area contributed by atoms with Crippen molar-refractivity contribution in [1.82, 2.24) is 0 Å². The molecular formula is C14H8ClF3O2. The number of carbonyl (C=O) groups is 1. The molecule has 2 aromatic rings. The zero-order valence-corrected chi connectivity index (χ0v) is 10.7. The van der Waals surface area contributed by atoms with Crippen molar-refractivity contribution >= 4 is 24.0 Å². The number of rotatable bonds is 3. The van der Waals surface area contributed by atoms with E-state index in [1.54, 1.807) is 0 Å². The van der Waals surface area contributed by atoms with Crippen LogP contribution in [0.3, 0.4) is 0 Å². The lowest BCUT2D eigenvalue weighted by molar-refractivity contribution is -0.137. The Morgan fingerprint density at radius 3 is 2.55 bits per heavy atom. The van der Waals surface area contributed by atoms with Crippen molar-refractivity contribution in [2.45, 2.75) is 6.18 Å². The van der Waals surface area contributed by atoms with Gasteiger partial charge in [-0.1, -0.05) is 11.6 Å². The van der Waals surface area contributed by atoms with Crippen LogP contribution in [0.2, 0.25) is 5.02 Å². The first kappa shape index (κ1) is 14.4. The van der Waals surface area contributed by atoms with Gasteiger partial charge in [0, 0.05) is 5.56 Å². The number of hydrogen-bond donors (Lipinski definition) is 0. The van der Waals surface area contributed by atoms with Crippen LogP contribution >= 0.6 is 11.6 Å². The van der Waals surface area contributed by atoms with Crippen LogP contribution in [0.5, 0.6) is 0 Å². The summed E-state index contributed by atoms with van der Waals surface area (Å²) < 4.78 is 43.3. The minimum Gasteiger partial charge on any atom is -0.457 e. The van der Waals surface area contributed by atoms with Crippen LogP contribution in [0.1, 0.15) is 11.3 Å². The van der Waals surface area contributed by atoms with Crippen molar-refractivity contribution in [3.8, 4) is 11.3 Å². The Labute approximate surface area is 117 Å². The molecule has 0 unspecified atom stereocenters. The van der Waals surface area contributed by atoms with E-state index in [1.807, 2.05) is 0 Å². The van der Waals surface area contributed by atoms with Gasteiger partial charge in [0.15, 0.2) is 0 Å². The highest BCUT2D eigenvalue weighted by atomic mass is 35.5. The summed E-state index contributed by atoms with van der Waals surface area (Å²) in [7, 11) is 0. The Balaban J connectivity index is 2.44. The van der Waals surface area contributed by atoms with E-state index in [0.29, 0.717) is 12.0 Å². The molecule has 0 bridgehead atoms. The van der Waals surface area contributed by atoms with Crippen molar-refractivity contribution in [3.05, 3.63) is 52.8 Å². The largest absolute Gasteiger partial charge is 0.457 e. The van der Waals surface area contributed by atoms with Crippen molar-refractivity contribution < 1.29 is 22.4 Å². The number of halogens is 4. The molecule has 0 saturated heterocycles. The second-order valence-electron chi connectivity index (χ2n) is 3.89. The topological polar surface area (TPSA) is 30.2 Å². The van der Waals surface area contributed by atoms with Gasteiger partial charge < -0.3 is 4.42 Å². The molecule has 0 atom stereocenters. The van der Waals surface area contributed by atoms with Gasteiger partial charge in [0.05, 0.1) is 10.6 Å². The van der Waals surface area contributed by atoms with Gasteiger partial charge >= 0.3 is 6.18 Å². The maximum atomic E-state index is 12.7. The Kier molecular flexibility index (Phi) is 3.99. The fraction of sp³-hybridized carbons (Fsp3) is 0.0714. The molecule has 0 spiro atoms. The summed E-state index contributed by atoms with van der Waals surface area (Å²) in [6, 6.07) is 6.03. The molecular weight excluding hydrogens is 293 g/mol. The predicted octanol–water partition coefficient (Wildman–Crippen LogP) is 4.83. The van der Waals surface area contributed by atoms with Crippen LogP contribution in [-0.4, -0.2) is 6.29 Å². The second-order valence-corrected chi connectivity index (χ2v) is 4.30. The molecule has 2 rings (SSSR count). The number of carbonyl (C=O) groups excluding carboxylic acids is 1. The lowest BCUT2D eigenvalue weighted by Crippen LogP contribution is -2.04. The van der Waals surface area contributed by atoms with Crippen LogP contribution in [0, 0.1) is 0 Å². The molecule has 1 heterocycles. The Morgan fingerprint density at radius 2 is 1.90 bits per heavy atom. The number of furan rings is 1. The Morgan fingerprint density at radius 1 is 1.15 bits per heavy atom. The maximum absolute atomic E-state index is 12.7. The average molecular weight is 301 g/mol. The summed E-state index contributed by atoms with van der Waals surface area (Å²) >= 11 is 5.89. The van der Waals surface area contributed by atoms with Crippen molar-refractivity contribution in [1.29, 1.82) is 0 Å². The van der Waals surface area contributed by atoms with E-state index in [-0.39, 0.29) is 16.3 Å². The second kappa shape index (κ2) is 5.54. The van der Waals surface area contributed by atoms with Crippen molar-refractivity contribution in [2.75, 3.05) is 0 Å². The molecule has 0 fully saturated rings. The molecule has 0 radical (unpaired) electrons. The number of benzene rings is 1. The molecule has 0 aliphatic heterocycles. The first-order valence-electron chi connectivity index (χ1n) is 5.50. The highest BCUT2D eigenvalue weighted by Gasteiger charge is 2.31. The highest BCUT2D eigenvalue weighted by molar-refractivity contribution is 6.33. The number of aldehydes is 1. The smallest absolute Gasteiger partial charge is 0.416 e. The average Bonchev–Trinajstić information content (AvgIpc) is 2.84. The molecule has 1 aromatic heterocycles. The summed E-state index contributed by atoms with van der Waals surface area (Å²) in [5.74, 6) is 0.548. The van der Waals surface area contributed by atoms with Crippen molar-refractivity contribution in [2.24, 2.45) is 0 Å². The third kappa shape index (κ3) is 3.11. The Bertz CT molecular complexity index is 657. The summed E-state index contributed by atoms with van der Waals surface area (Å²) in [5.41, 5.74) is -0.662. The number of hydrogen-bond acceptors (Lipinski definition) is 2. The van der Waals surface area contributed by atoms with Gasteiger partial charge in [-0.2, -0.15) is 13.2 Å². The van der Waals surface area contributed by atoms with Gasteiger partial charge in [0.1, 0.15) is 17.8 Å². The lowest BCUT2D eigenvalue weighted by Gasteiger charge is -2.09. The van der Waals surface area contributed by atoms with E-state index >= 15 is 0 Å². The monoisotopic (exact) mass is 300 g/mol. The number of alkyl halides is 3. The van der Waals surface area contributed by atoms with Crippen LogP contribution in [0.25, 0.3) is 17.4 Å². The van der Waals surface area contributed by atoms with Gasteiger partial charge in [0.2, 0.25) is 0 Å². The fourth-order valence-electron chi connectivity index (χ4n) is 1.61. The Hall–Kier alpha value is -2.01. The molecule has 104 valence electrons. The van der Waals surface area contributed by atoms with Crippen LogP contribution in [0.4, 0.5) is 13.2 Å². The number of allylic oxidation sites excluding steroid dienone is 1. The van der Waals surface area contributed by atoms with Crippen LogP contribution in [-0.2, 0) is 11.0 Å². The zero-order valence-electron chi connectivity index (χ0n) is 9.95. The summed E-state index contributed by atoms with van der Waals surface area (Å²) in [5, 5.41) is 0.151. The molecule has 0 aliphatic carbocycles. The van der Waals surface area contributed by atoms with Gasteiger partial charge in [-0.25, -0.2) is 0 Å². The SMILES string of the molecule is O=C/C=C/c1ccc(-c2cc(C(F)(F)F)ccc2Cl)o1. The van der Waals surface area contributed by atoms with E-state index < -0.39 is 11.7 Å². The molecule has 1 aromatic carbocycles.